The number of rotatable bonds is 7. The minimum absolute atomic E-state index is 0.306. The molecule has 0 bridgehead atoms. The Bertz CT molecular complexity index is 914. The minimum atomic E-state index is -2.47. The number of amides is 1. The lowest BCUT2D eigenvalue weighted by molar-refractivity contribution is 0.102. The SMILES string of the molecule is Cc1nc(COc2cccc(C(=O)Nc3ccc(SC(F)F)cc3)c2)cs1. The molecule has 0 radical (unpaired) electrons. The van der Waals surface area contributed by atoms with Gasteiger partial charge in [-0.05, 0) is 49.4 Å². The van der Waals surface area contributed by atoms with E-state index in [9.17, 15) is 13.6 Å². The number of ether oxygens (including phenoxy) is 1. The van der Waals surface area contributed by atoms with E-state index in [1.54, 1.807) is 59.9 Å². The molecule has 27 heavy (non-hydrogen) atoms. The number of thiazole rings is 1. The largest absolute Gasteiger partial charge is 0.487 e. The lowest BCUT2D eigenvalue weighted by atomic mass is 10.2. The highest BCUT2D eigenvalue weighted by molar-refractivity contribution is 7.99. The summed E-state index contributed by atoms with van der Waals surface area (Å²) >= 11 is 2.02. The van der Waals surface area contributed by atoms with Crippen LogP contribution in [0.15, 0.2) is 58.8 Å². The summed E-state index contributed by atoms with van der Waals surface area (Å²) in [6.45, 7) is 2.26. The number of halogens is 2. The first kappa shape index (κ1) is 19.3. The summed E-state index contributed by atoms with van der Waals surface area (Å²) in [5.74, 6) is -2.21. The molecule has 1 N–H and O–H groups in total. The molecule has 4 nitrogen and oxygen atoms in total. The van der Waals surface area contributed by atoms with Gasteiger partial charge in [-0.2, -0.15) is 8.78 Å². The van der Waals surface area contributed by atoms with Crippen molar-refractivity contribution < 1.29 is 18.3 Å². The molecular formula is C19H16F2N2O2S2. The number of benzene rings is 2. The molecule has 0 aliphatic carbocycles. The number of nitrogens with one attached hydrogen (secondary N) is 1. The second-order valence-electron chi connectivity index (χ2n) is 5.53. The lowest BCUT2D eigenvalue weighted by Crippen LogP contribution is -2.12. The van der Waals surface area contributed by atoms with E-state index in [-0.39, 0.29) is 5.91 Å². The molecule has 1 amide bonds. The number of aryl methyl sites for hydroxylation is 1. The smallest absolute Gasteiger partial charge is 0.288 e. The highest BCUT2D eigenvalue weighted by Crippen LogP contribution is 2.26. The Balaban J connectivity index is 1.61. The van der Waals surface area contributed by atoms with Crippen LogP contribution in [0.1, 0.15) is 21.1 Å². The van der Waals surface area contributed by atoms with Gasteiger partial charge in [-0.3, -0.25) is 4.79 Å². The Morgan fingerprint density at radius 3 is 2.70 bits per heavy atom. The number of nitrogens with zero attached hydrogens (tertiary/aromatic N) is 1. The Labute approximate surface area is 163 Å². The summed E-state index contributed by atoms with van der Waals surface area (Å²) in [5.41, 5.74) is 1.81. The van der Waals surface area contributed by atoms with Crippen LogP contribution in [0.3, 0.4) is 0 Å². The normalized spacial score (nSPS) is 10.8. The summed E-state index contributed by atoms with van der Waals surface area (Å²) in [7, 11) is 0. The molecule has 1 aromatic heterocycles. The number of aromatic nitrogens is 1. The van der Waals surface area contributed by atoms with Crippen molar-refractivity contribution in [2.24, 2.45) is 0 Å². The van der Waals surface area contributed by atoms with Gasteiger partial charge >= 0.3 is 0 Å². The van der Waals surface area contributed by atoms with Gasteiger partial charge in [0.25, 0.3) is 11.7 Å². The summed E-state index contributed by atoms with van der Waals surface area (Å²) in [4.78, 5) is 17.2. The molecule has 3 aromatic rings. The van der Waals surface area contributed by atoms with Crippen molar-refractivity contribution >= 4 is 34.7 Å². The minimum Gasteiger partial charge on any atom is -0.487 e. The third-order valence-corrected chi connectivity index (χ3v) is 5.03. The molecule has 0 spiro atoms. The number of hydrogen-bond donors (Lipinski definition) is 1. The van der Waals surface area contributed by atoms with E-state index in [1.165, 1.54) is 0 Å². The van der Waals surface area contributed by atoms with Crippen molar-refractivity contribution in [3.8, 4) is 5.75 Å². The zero-order chi connectivity index (χ0) is 19.2. The maximum atomic E-state index is 12.4. The average molecular weight is 406 g/mol. The molecule has 1 heterocycles. The monoisotopic (exact) mass is 406 g/mol. The molecule has 3 rings (SSSR count). The number of thioether (sulfide) groups is 1. The van der Waals surface area contributed by atoms with Crippen LogP contribution in [0.4, 0.5) is 14.5 Å². The molecule has 0 aliphatic rings. The lowest BCUT2D eigenvalue weighted by Gasteiger charge is -2.09. The second-order valence-corrected chi connectivity index (χ2v) is 7.66. The van der Waals surface area contributed by atoms with E-state index >= 15 is 0 Å². The van der Waals surface area contributed by atoms with E-state index in [0.29, 0.717) is 40.3 Å². The van der Waals surface area contributed by atoms with Crippen LogP contribution in [0.5, 0.6) is 5.75 Å². The summed E-state index contributed by atoms with van der Waals surface area (Å²) in [5, 5.41) is 5.65. The molecule has 0 saturated heterocycles. The van der Waals surface area contributed by atoms with Gasteiger partial charge in [-0.1, -0.05) is 17.8 Å². The molecule has 0 aliphatic heterocycles. The van der Waals surface area contributed by atoms with Crippen molar-refractivity contribution in [2.75, 3.05) is 5.32 Å². The predicted octanol–water partition coefficient (Wildman–Crippen LogP) is 5.60. The van der Waals surface area contributed by atoms with Crippen LogP contribution in [0.25, 0.3) is 0 Å². The second kappa shape index (κ2) is 8.96. The number of hydrogen-bond acceptors (Lipinski definition) is 5. The fraction of sp³-hybridized carbons (Fsp3) is 0.158. The fourth-order valence-electron chi connectivity index (χ4n) is 2.28. The first-order valence-corrected chi connectivity index (χ1v) is 9.75. The van der Waals surface area contributed by atoms with Gasteiger partial charge in [-0.15, -0.1) is 11.3 Å². The van der Waals surface area contributed by atoms with Gasteiger partial charge in [0.2, 0.25) is 0 Å². The first-order chi connectivity index (χ1) is 13.0. The highest BCUT2D eigenvalue weighted by Gasteiger charge is 2.09. The third kappa shape index (κ3) is 5.77. The van der Waals surface area contributed by atoms with Crippen molar-refractivity contribution in [3.05, 3.63) is 70.2 Å². The molecule has 0 unspecified atom stereocenters. The maximum Gasteiger partial charge on any atom is 0.288 e. The van der Waals surface area contributed by atoms with Crippen LogP contribution >= 0.6 is 23.1 Å². The Hall–Kier alpha value is -2.45. The van der Waals surface area contributed by atoms with Crippen molar-refractivity contribution in [2.45, 2.75) is 24.2 Å². The van der Waals surface area contributed by atoms with Gasteiger partial charge in [0, 0.05) is 21.5 Å². The first-order valence-electron chi connectivity index (χ1n) is 8.00. The zero-order valence-corrected chi connectivity index (χ0v) is 15.9. The summed E-state index contributed by atoms with van der Waals surface area (Å²) < 4.78 is 30.4. The molecule has 140 valence electrons. The standard InChI is InChI=1S/C19H16F2N2O2S2/c1-12-22-15(11-26-12)10-25-16-4-2-3-13(9-16)18(24)23-14-5-7-17(8-6-14)27-19(20)21/h2-9,11,19H,10H2,1H3,(H,23,24). The topological polar surface area (TPSA) is 51.2 Å². The Kier molecular flexibility index (Phi) is 6.41. The van der Waals surface area contributed by atoms with Gasteiger partial charge in [0.15, 0.2) is 0 Å². The molecule has 0 saturated carbocycles. The number of carbonyl (C=O) groups is 1. The third-order valence-electron chi connectivity index (χ3n) is 3.49. The van der Waals surface area contributed by atoms with Crippen LogP contribution in [-0.2, 0) is 6.61 Å². The van der Waals surface area contributed by atoms with Crippen LogP contribution < -0.4 is 10.1 Å². The van der Waals surface area contributed by atoms with E-state index in [1.807, 2.05) is 12.3 Å². The molecule has 2 aromatic carbocycles. The summed E-state index contributed by atoms with van der Waals surface area (Å²) in [6, 6.07) is 13.1. The predicted molar refractivity (Wildman–Crippen MR) is 104 cm³/mol. The molecule has 8 heteroatoms. The van der Waals surface area contributed by atoms with Crippen LogP contribution in [0, 0.1) is 6.92 Å². The Morgan fingerprint density at radius 1 is 1.26 bits per heavy atom. The quantitative estimate of drug-likeness (QED) is 0.519. The molecular weight excluding hydrogens is 390 g/mol. The Morgan fingerprint density at radius 2 is 2.04 bits per heavy atom. The maximum absolute atomic E-state index is 12.4. The van der Waals surface area contributed by atoms with Crippen molar-refractivity contribution in [3.63, 3.8) is 0 Å². The van der Waals surface area contributed by atoms with Crippen molar-refractivity contribution in [1.82, 2.24) is 4.98 Å². The average Bonchev–Trinajstić information content (AvgIpc) is 3.07. The van der Waals surface area contributed by atoms with E-state index in [4.69, 9.17) is 4.74 Å². The van der Waals surface area contributed by atoms with Gasteiger partial charge in [0.05, 0.1) is 10.7 Å². The van der Waals surface area contributed by atoms with Gasteiger partial charge < -0.3 is 10.1 Å². The van der Waals surface area contributed by atoms with Crippen LogP contribution in [-0.4, -0.2) is 16.6 Å². The van der Waals surface area contributed by atoms with Gasteiger partial charge in [-0.25, -0.2) is 4.98 Å². The van der Waals surface area contributed by atoms with Gasteiger partial charge in [0.1, 0.15) is 12.4 Å². The van der Waals surface area contributed by atoms with Crippen molar-refractivity contribution in [1.29, 1.82) is 0 Å². The summed E-state index contributed by atoms with van der Waals surface area (Å²) in [6.07, 6.45) is 0. The number of anilines is 1. The fourth-order valence-corrected chi connectivity index (χ4v) is 3.38. The molecule has 0 atom stereocenters. The van der Waals surface area contributed by atoms with E-state index in [0.717, 1.165) is 10.7 Å². The number of alkyl halides is 2. The number of carbonyl (C=O) groups excluding carboxylic acids is 1. The highest BCUT2D eigenvalue weighted by atomic mass is 32.2. The van der Waals surface area contributed by atoms with E-state index in [2.05, 4.69) is 10.3 Å². The van der Waals surface area contributed by atoms with E-state index < -0.39 is 5.76 Å². The molecule has 0 fully saturated rings. The van der Waals surface area contributed by atoms with Crippen LogP contribution in [0.2, 0.25) is 0 Å². The zero-order valence-electron chi connectivity index (χ0n) is 14.3.